The second kappa shape index (κ2) is 16.8. The maximum Gasteiger partial charge on any atom is 0.410 e. The zero-order chi connectivity index (χ0) is 38.8. The fraction of sp³-hybridized carbons (Fsp3) is 0.700. The summed E-state index contributed by atoms with van der Waals surface area (Å²) in [5.41, 5.74) is 1.36. The van der Waals surface area contributed by atoms with Crippen molar-refractivity contribution in [2.24, 2.45) is 22.2 Å². The van der Waals surface area contributed by atoms with Crippen LogP contribution in [0.15, 0.2) is 36.0 Å². The highest BCUT2D eigenvalue weighted by Crippen LogP contribution is 2.49. The van der Waals surface area contributed by atoms with E-state index in [-0.39, 0.29) is 28.4 Å². The smallest absolute Gasteiger partial charge is 0.410 e. The van der Waals surface area contributed by atoms with Gasteiger partial charge >= 0.3 is 6.09 Å². The molecule has 9 nitrogen and oxygen atoms in total. The van der Waals surface area contributed by atoms with E-state index in [9.17, 15) is 8.68 Å². The number of hydrogen-bond donors (Lipinski definition) is 1. The molecule has 3 unspecified atom stereocenters. The lowest BCUT2D eigenvalue weighted by Crippen LogP contribution is -2.58. The average molecular weight is 838 g/mol. The molecule has 2 aliphatic heterocycles. The van der Waals surface area contributed by atoms with Crippen LogP contribution in [-0.4, -0.2) is 78.0 Å². The van der Waals surface area contributed by atoms with Crippen LogP contribution in [0.25, 0.3) is 11.4 Å². The van der Waals surface area contributed by atoms with E-state index in [2.05, 4.69) is 58.7 Å². The molecule has 3 aliphatic rings. The molecule has 1 aliphatic carbocycles. The number of pyridine rings is 1. The van der Waals surface area contributed by atoms with Gasteiger partial charge in [0.25, 0.3) is 0 Å². The van der Waals surface area contributed by atoms with Crippen LogP contribution in [0.3, 0.4) is 0 Å². The quantitative estimate of drug-likeness (QED) is 0.108. The number of nitrogens with one attached hydrogen (secondary N) is 1. The van der Waals surface area contributed by atoms with E-state index in [1.165, 1.54) is 19.3 Å². The van der Waals surface area contributed by atoms with Gasteiger partial charge in [-0.05, 0) is 135 Å². The molecule has 1 saturated carbocycles. The van der Waals surface area contributed by atoms with Crippen LogP contribution >= 0.6 is 39.7 Å². The number of nitrogens with zero attached hydrogens (tertiary/aromatic N) is 5. The standard InChI is InChI=1S/C40H59BrClFN6O3S/c1-26(29-13-14-31(45-34(29)42)49-20-15-32(47-49)51-21-11-16-40(9)17-18-40)22-28-23-30(41)33(39(7,8)53-43)46-35(28)44-19-10-12-27-24-38(5,6)48(25-27)36(50)52-37(2,3)4/h13-15,20,27-28,30,33H,1,10-12,16-19,21-25H2,2-9H3,(H,44,46)/t27?,28-,30?,33?/m0/s1. The van der Waals surface area contributed by atoms with Crippen LogP contribution in [0, 0.1) is 17.3 Å². The summed E-state index contributed by atoms with van der Waals surface area (Å²) in [6, 6.07) is 5.52. The Morgan fingerprint density at radius 3 is 2.58 bits per heavy atom. The Kier molecular flexibility index (Phi) is 13.3. The molecule has 4 atom stereocenters. The van der Waals surface area contributed by atoms with Gasteiger partial charge in [0, 0.05) is 47.2 Å². The first-order chi connectivity index (χ1) is 24.8. The summed E-state index contributed by atoms with van der Waals surface area (Å²) in [5, 5.41) is 8.53. The number of amides is 1. The lowest BCUT2D eigenvalue weighted by molar-refractivity contribution is 0.0131. The Morgan fingerprint density at radius 1 is 1.19 bits per heavy atom. The number of aromatic nitrogens is 3. The van der Waals surface area contributed by atoms with Crippen molar-refractivity contribution in [3.8, 4) is 11.7 Å². The molecular formula is C40H59BrClFN6O3S. The lowest BCUT2D eigenvalue weighted by atomic mass is 9.83. The first-order valence-electron chi connectivity index (χ1n) is 19.1. The molecule has 2 saturated heterocycles. The van der Waals surface area contributed by atoms with Gasteiger partial charge in [0.1, 0.15) is 16.6 Å². The van der Waals surface area contributed by atoms with Crippen LogP contribution in [-0.2, 0) is 4.74 Å². The fourth-order valence-electron chi connectivity index (χ4n) is 7.57. The van der Waals surface area contributed by atoms with E-state index >= 15 is 0 Å². The molecule has 0 bridgehead atoms. The minimum atomic E-state index is -0.660. The van der Waals surface area contributed by atoms with Crippen LogP contribution in [0.2, 0.25) is 5.15 Å². The maximum absolute atomic E-state index is 14.1. The van der Waals surface area contributed by atoms with E-state index in [0.717, 1.165) is 49.1 Å². The van der Waals surface area contributed by atoms with Crippen molar-refractivity contribution in [1.82, 2.24) is 25.0 Å². The van der Waals surface area contributed by atoms with Crippen molar-refractivity contribution in [1.29, 1.82) is 0 Å². The van der Waals surface area contributed by atoms with Crippen molar-refractivity contribution < 1.29 is 18.2 Å². The van der Waals surface area contributed by atoms with Gasteiger partial charge in [0.15, 0.2) is 5.82 Å². The number of likely N-dealkylation sites (tertiary alicyclic amines) is 1. The van der Waals surface area contributed by atoms with Crippen LogP contribution in [0.4, 0.5) is 8.68 Å². The monoisotopic (exact) mass is 836 g/mol. The van der Waals surface area contributed by atoms with Gasteiger partial charge in [0.05, 0.1) is 29.5 Å². The molecule has 294 valence electrons. The summed E-state index contributed by atoms with van der Waals surface area (Å²) in [6.45, 7) is 22.5. The molecule has 1 amide bonds. The van der Waals surface area contributed by atoms with Crippen molar-refractivity contribution in [2.75, 3.05) is 19.7 Å². The van der Waals surface area contributed by atoms with Gasteiger partial charge in [-0.15, -0.1) is 5.10 Å². The Labute approximate surface area is 334 Å². The third-order valence-corrected chi connectivity index (χ3v) is 12.8. The first-order valence-corrected chi connectivity index (χ1v) is 21.1. The lowest BCUT2D eigenvalue weighted by Gasteiger charge is -2.42. The summed E-state index contributed by atoms with van der Waals surface area (Å²) >= 11 is 11.0. The number of rotatable bonds is 15. The number of hydrogen-bond acceptors (Lipinski definition) is 7. The first kappa shape index (κ1) is 41.8. The second-order valence-electron chi connectivity index (χ2n) is 17.8. The highest BCUT2D eigenvalue weighted by Gasteiger charge is 2.44. The molecule has 13 heteroatoms. The molecule has 1 N–H and O–H groups in total. The molecule has 0 aromatic carbocycles. The van der Waals surface area contributed by atoms with E-state index in [0.29, 0.717) is 66.4 Å². The van der Waals surface area contributed by atoms with Gasteiger partial charge in [-0.3, -0.25) is 4.99 Å². The van der Waals surface area contributed by atoms with Crippen LogP contribution in [0.1, 0.15) is 119 Å². The summed E-state index contributed by atoms with van der Waals surface area (Å²) < 4.78 is 26.7. The Bertz CT molecular complexity index is 1640. The minimum absolute atomic E-state index is 0.0284. The topological polar surface area (TPSA) is 93.9 Å². The van der Waals surface area contributed by atoms with E-state index in [1.807, 2.05) is 63.9 Å². The predicted molar refractivity (Wildman–Crippen MR) is 219 cm³/mol. The summed E-state index contributed by atoms with van der Waals surface area (Å²) in [7, 11) is 0. The average Bonchev–Trinajstić information content (AvgIpc) is 3.46. The van der Waals surface area contributed by atoms with Crippen molar-refractivity contribution in [3.63, 3.8) is 0 Å². The molecule has 0 radical (unpaired) electrons. The number of alkyl halides is 1. The van der Waals surface area contributed by atoms with E-state index < -0.39 is 10.3 Å². The van der Waals surface area contributed by atoms with Crippen LogP contribution in [0.5, 0.6) is 5.88 Å². The second-order valence-corrected chi connectivity index (χ2v) is 20.6. The summed E-state index contributed by atoms with van der Waals surface area (Å²) in [6.07, 6.45) is 10.5. The molecule has 53 heavy (non-hydrogen) atoms. The zero-order valence-electron chi connectivity index (χ0n) is 32.8. The Balaban J connectivity index is 1.21. The van der Waals surface area contributed by atoms with E-state index in [4.69, 9.17) is 26.1 Å². The molecule has 0 spiro atoms. The van der Waals surface area contributed by atoms with Crippen molar-refractivity contribution in [2.45, 2.75) is 140 Å². The van der Waals surface area contributed by atoms with Gasteiger partial charge in [-0.2, -0.15) is 3.89 Å². The molecule has 5 rings (SSSR count). The number of allylic oxidation sites excluding steroid dienone is 1. The number of carbonyl (C=O) groups excluding carboxylic acids is 1. The van der Waals surface area contributed by atoms with Crippen molar-refractivity contribution in [3.05, 3.63) is 41.7 Å². The SMILES string of the molecule is C=C(C[C@H]1CC(Br)C(C(C)(C)SF)NC1=NCCCC1CN(C(=O)OC(C)(C)C)C(C)(C)C1)c1ccc(-n2ccc(OCCCC3(C)CC3)n2)nc1Cl. The van der Waals surface area contributed by atoms with Crippen molar-refractivity contribution >= 4 is 57.2 Å². The fourth-order valence-corrected chi connectivity index (χ4v) is 9.59. The third kappa shape index (κ3) is 11.1. The van der Waals surface area contributed by atoms with Crippen LogP contribution < -0.4 is 10.1 Å². The van der Waals surface area contributed by atoms with Gasteiger partial charge in [0.2, 0.25) is 5.88 Å². The van der Waals surface area contributed by atoms with E-state index in [1.54, 1.807) is 4.68 Å². The number of amidine groups is 1. The molecule has 2 aromatic rings. The number of piperidine rings is 1. The maximum atomic E-state index is 14.1. The number of ether oxygens (including phenoxy) is 2. The highest BCUT2D eigenvalue weighted by atomic mass is 79.9. The number of aliphatic imine (C=N–C) groups is 1. The van der Waals surface area contributed by atoms with Gasteiger partial charge in [-0.25, -0.2) is 14.5 Å². The number of carbonyl (C=O) groups is 1. The van der Waals surface area contributed by atoms with Gasteiger partial charge in [-0.1, -0.05) is 41.0 Å². The molecule has 3 fully saturated rings. The third-order valence-electron chi connectivity index (χ3n) is 10.9. The minimum Gasteiger partial charge on any atom is -0.477 e. The summed E-state index contributed by atoms with van der Waals surface area (Å²) in [5.74, 6) is 2.43. The molecule has 4 heterocycles. The zero-order valence-corrected chi connectivity index (χ0v) is 36.0. The number of halogens is 3. The normalized spacial score (nSPS) is 24.6. The Morgan fingerprint density at radius 2 is 1.92 bits per heavy atom. The largest absolute Gasteiger partial charge is 0.477 e. The predicted octanol–water partition coefficient (Wildman–Crippen LogP) is 10.6. The summed E-state index contributed by atoms with van der Waals surface area (Å²) in [4.78, 5) is 24.6. The molecular weight excluding hydrogens is 779 g/mol. The Hall–Kier alpha value is -2.31. The van der Waals surface area contributed by atoms with Gasteiger partial charge < -0.3 is 19.7 Å². The molecule has 2 aromatic heterocycles. The highest BCUT2D eigenvalue weighted by molar-refractivity contribution is 9.09.